The molecule has 2 nitrogen and oxygen atoms in total. The Morgan fingerprint density at radius 2 is 1.57 bits per heavy atom. The van der Waals surface area contributed by atoms with Crippen LogP contribution in [-0.2, 0) is 0 Å². The molecule has 1 N–H and O–H groups in total. The lowest BCUT2D eigenvalue weighted by atomic mass is 10.4. The van der Waals surface area contributed by atoms with Crippen molar-refractivity contribution in [3.05, 3.63) is 36.4 Å². The van der Waals surface area contributed by atoms with E-state index >= 15 is 0 Å². The van der Waals surface area contributed by atoms with Crippen molar-refractivity contribution in [2.24, 2.45) is 10.9 Å². The van der Waals surface area contributed by atoms with Crippen LogP contribution in [0.25, 0.3) is 0 Å². The second kappa shape index (κ2) is 4.80. The normalized spacial score (nSPS) is 19.0. The van der Waals surface area contributed by atoms with E-state index in [1.165, 1.54) is 18.7 Å². The zero-order chi connectivity index (χ0) is 9.64. The zero-order valence-electron chi connectivity index (χ0n) is 8.32. The van der Waals surface area contributed by atoms with Gasteiger partial charge in [0.2, 0.25) is 0 Å². The number of benzene rings is 1. The zero-order valence-corrected chi connectivity index (χ0v) is 8.32. The minimum absolute atomic E-state index is 0.831. The molecule has 3 rings (SSSR count). The van der Waals surface area contributed by atoms with Gasteiger partial charge in [-0.05, 0) is 12.8 Å². The first kappa shape index (κ1) is 9.25. The Kier molecular flexibility index (Phi) is 3.17. The van der Waals surface area contributed by atoms with Gasteiger partial charge in [-0.2, -0.15) is 0 Å². The van der Waals surface area contributed by atoms with E-state index in [4.69, 9.17) is 0 Å². The first-order valence-corrected chi connectivity index (χ1v) is 5.25. The van der Waals surface area contributed by atoms with Gasteiger partial charge in [-0.3, -0.25) is 4.99 Å². The number of nitrogens with one attached hydrogen (secondary N) is 1. The van der Waals surface area contributed by atoms with Gasteiger partial charge in [-0.25, -0.2) is 0 Å². The van der Waals surface area contributed by atoms with E-state index in [0.29, 0.717) is 0 Å². The molecule has 0 unspecified atom stereocenters. The molecule has 1 aromatic carbocycles. The fraction of sp³-hybridized carbons (Fsp3) is 0.417. The first-order valence-electron chi connectivity index (χ1n) is 5.25. The summed E-state index contributed by atoms with van der Waals surface area (Å²) in [6.07, 6.45) is 2.73. The maximum Gasteiger partial charge on any atom is 0.0995 e. The number of nitrogens with zero attached hydrogens (tertiary/aromatic N) is 1. The highest BCUT2D eigenvalue weighted by Crippen LogP contribution is 2.30. The number of hydrogen-bond acceptors (Lipinski definition) is 2. The average molecular weight is 188 g/mol. The van der Waals surface area contributed by atoms with Crippen LogP contribution in [0.15, 0.2) is 41.4 Å². The monoisotopic (exact) mass is 188 g/mol. The number of amidine groups is 1. The quantitative estimate of drug-likeness (QED) is 0.717. The van der Waals surface area contributed by atoms with E-state index in [1.807, 2.05) is 36.4 Å². The standard InChI is InChI=1S/C6H10N2.C6H6/c1-2-5(1)6-7-3-4-8-6;1-2-4-6-5-3-1/h5H,1-4H2,(H,7,8);1-6H. The second-order valence-corrected chi connectivity index (χ2v) is 3.62. The van der Waals surface area contributed by atoms with E-state index in [-0.39, 0.29) is 0 Å². The Bertz CT molecular complexity index is 262. The highest BCUT2D eigenvalue weighted by Gasteiger charge is 2.28. The molecule has 1 saturated carbocycles. The van der Waals surface area contributed by atoms with Crippen molar-refractivity contribution >= 4 is 5.84 Å². The third-order valence-electron chi connectivity index (χ3n) is 2.33. The molecule has 0 amide bonds. The molecule has 74 valence electrons. The van der Waals surface area contributed by atoms with Crippen LogP contribution < -0.4 is 5.32 Å². The minimum atomic E-state index is 0.831. The number of rotatable bonds is 1. The molecule has 0 atom stereocenters. The van der Waals surface area contributed by atoms with Crippen molar-refractivity contribution in [1.82, 2.24) is 5.32 Å². The molecular formula is C12H16N2. The fourth-order valence-corrected chi connectivity index (χ4v) is 1.43. The Morgan fingerprint density at radius 3 is 1.93 bits per heavy atom. The third-order valence-corrected chi connectivity index (χ3v) is 2.33. The Morgan fingerprint density at radius 1 is 1.00 bits per heavy atom. The molecular weight excluding hydrogens is 172 g/mol. The molecule has 0 spiro atoms. The maximum atomic E-state index is 4.30. The average Bonchev–Trinajstić information content (AvgIpc) is 2.98. The van der Waals surface area contributed by atoms with Gasteiger partial charge in [0.1, 0.15) is 0 Å². The van der Waals surface area contributed by atoms with Crippen molar-refractivity contribution in [2.45, 2.75) is 12.8 Å². The van der Waals surface area contributed by atoms with E-state index in [0.717, 1.165) is 19.0 Å². The van der Waals surface area contributed by atoms with Gasteiger partial charge in [0, 0.05) is 12.5 Å². The number of hydrogen-bond donors (Lipinski definition) is 1. The first-order chi connectivity index (χ1) is 6.97. The van der Waals surface area contributed by atoms with E-state index in [9.17, 15) is 0 Å². The van der Waals surface area contributed by atoms with Crippen molar-refractivity contribution in [1.29, 1.82) is 0 Å². The molecule has 2 aliphatic rings. The summed E-state index contributed by atoms with van der Waals surface area (Å²) in [7, 11) is 0. The van der Waals surface area contributed by atoms with E-state index in [2.05, 4.69) is 10.3 Å². The summed E-state index contributed by atoms with van der Waals surface area (Å²) >= 11 is 0. The molecule has 0 bridgehead atoms. The number of aliphatic imine (C=N–C) groups is 1. The largest absolute Gasteiger partial charge is 0.372 e. The predicted molar refractivity (Wildman–Crippen MR) is 59.5 cm³/mol. The van der Waals surface area contributed by atoms with Gasteiger partial charge in [-0.15, -0.1) is 0 Å². The van der Waals surface area contributed by atoms with Crippen molar-refractivity contribution in [3.8, 4) is 0 Å². The molecule has 0 saturated heterocycles. The van der Waals surface area contributed by atoms with Crippen LogP contribution >= 0.6 is 0 Å². The fourth-order valence-electron chi connectivity index (χ4n) is 1.43. The van der Waals surface area contributed by atoms with Crippen LogP contribution in [0.1, 0.15) is 12.8 Å². The molecule has 1 aromatic rings. The van der Waals surface area contributed by atoms with Crippen LogP contribution in [-0.4, -0.2) is 18.9 Å². The SMILES string of the molecule is C1CNC(C2CC2)=N1.c1ccccc1. The van der Waals surface area contributed by atoms with Gasteiger partial charge < -0.3 is 5.32 Å². The molecule has 14 heavy (non-hydrogen) atoms. The van der Waals surface area contributed by atoms with Gasteiger partial charge in [0.15, 0.2) is 0 Å². The van der Waals surface area contributed by atoms with Gasteiger partial charge >= 0.3 is 0 Å². The Balaban J connectivity index is 0.000000112. The molecule has 1 aliphatic carbocycles. The summed E-state index contributed by atoms with van der Waals surface area (Å²) in [5, 5.41) is 3.27. The van der Waals surface area contributed by atoms with Crippen LogP contribution in [0, 0.1) is 5.92 Å². The predicted octanol–water partition coefficient (Wildman–Crippen LogP) is 2.08. The highest BCUT2D eigenvalue weighted by molar-refractivity contribution is 5.87. The maximum absolute atomic E-state index is 4.30. The van der Waals surface area contributed by atoms with Crippen LogP contribution in [0.5, 0.6) is 0 Å². The lowest BCUT2D eigenvalue weighted by molar-refractivity contribution is 0.943. The topological polar surface area (TPSA) is 24.4 Å². The summed E-state index contributed by atoms with van der Waals surface area (Å²) in [6, 6.07) is 12.0. The summed E-state index contributed by atoms with van der Waals surface area (Å²) in [6.45, 7) is 2.08. The molecule has 0 radical (unpaired) electrons. The van der Waals surface area contributed by atoms with Crippen molar-refractivity contribution in [3.63, 3.8) is 0 Å². The second-order valence-electron chi connectivity index (χ2n) is 3.62. The van der Waals surface area contributed by atoms with Crippen LogP contribution in [0.4, 0.5) is 0 Å². The molecule has 1 heterocycles. The molecule has 0 aromatic heterocycles. The highest BCUT2D eigenvalue weighted by atomic mass is 15.1. The molecule has 1 fully saturated rings. The summed E-state index contributed by atoms with van der Waals surface area (Å²) in [5.74, 6) is 2.11. The lowest BCUT2D eigenvalue weighted by Gasteiger charge is -1.94. The van der Waals surface area contributed by atoms with Gasteiger partial charge in [-0.1, -0.05) is 36.4 Å². The summed E-state index contributed by atoms with van der Waals surface area (Å²) < 4.78 is 0. The third kappa shape index (κ3) is 2.87. The molecule has 1 aliphatic heterocycles. The summed E-state index contributed by atoms with van der Waals surface area (Å²) in [4.78, 5) is 4.30. The van der Waals surface area contributed by atoms with Crippen LogP contribution in [0.3, 0.4) is 0 Å². The van der Waals surface area contributed by atoms with Crippen molar-refractivity contribution in [2.75, 3.05) is 13.1 Å². The lowest BCUT2D eigenvalue weighted by Crippen LogP contribution is -2.19. The minimum Gasteiger partial charge on any atom is -0.372 e. The van der Waals surface area contributed by atoms with Crippen molar-refractivity contribution < 1.29 is 0 Å². The van der Waals surface area contributed by atoms with E-state index < -0.39 is 0 Å². The molecule has 2 heteroatoms. The van der Waals surface area contributed by atoms with Gasteiger partial charge in [0.25, 0.3) is 0 Å². The van der Waals surface area contributed by atoms with E-state index in [1.54, 1.807) is 0 Å². The Labute approximate surface area is 85.1 Å². The smallest absolute Gasteiger partial charge is 0.0995 e. The Hall–Kier alpha value is -1.31. The van der Waals surface area contributed by atoms with Gasteiger partial charge in [0.05, 0.1) is 12.4 Å². The summed E-state index contributed by atoms with van der Waals surface area (Å²) in [5.41, 5.74) is 0. The van der Waals surface area contributed by atoms with Crippen LogP contribution in [0.2, 0.25) is 0 Å².